The maximum atomic E-state index is 2.45. The third-order valence-electron chi connectivity index (χ3n) is 11.2. The third kappa shape index (κ3) is 6.50. The molecule has 0 aliphatic carbocycles. The summed E-state index contributed by atoms with van der Waals surface area (Å²) < 4.78 is 2.45. The number of hydrogen-bond acceptors (Lipinski definition) is 2. The molecule has 3 heteroatoms. The smallest absolute Gasteiger partial charge is 0.0561 e. The van der Waals surface area contributed by atoms with Crippen LogP contribution in [0.2, 0.25) is 0 Å². The molecule has 1 heterocycles. The van der Waals surface area contributed by atoms with Crippen LogP contribution in [0.25, 0.3) is 38.3 Å². The minimum Gasteiger partial charge on any atom is -0.310 e. The van der Waals surface area contributed by atoms with Crippen molar-refractivity contribution in [3.8, 4) is 5.69 Å². The Labute approximate surface area is 330 Å². The van der Waals surface area contributed by atoms with Crippen LogP contribution in [0.3, 0.4) is 0 Å². The molecule has 0 aliphatic heterocycles. The third-order valence-corrected chi connectivity index (χ3v) is 11.2. The molecule has 3 nitrogen and oxygen atoms in total. The number of fused-ring (bicyclic) bond motifs is 4. The van der Waals surface area contributed by atoms with E-state index in [1.165, 1.54) is 49.3 Å². The predicted molar refractivity (Wildman–Crippen MR) is 241 cm³/mol. The lowest BCUT2D eigenvalue weighted by molar-refractivity contribution is 0.866. The van der Waals surface area contributed by atoms with Gasteiger partial charge in [-0.3, -0.25) is 0 Å². The van der Waals surface area contributed by atoms with E-state index in [0.29, 0.717) is 11.8 Å². The van der Waals surface area contributed by atoms with Crippen LogP contribution in [-0.4, -0.2) is 4.57 Å². The normalized spacial score (nSPS) is 11.6. The Balaban J connectivity index is 1.25. The molecule has 0 unspecified atom stereocenters. The van der Waals surface area contributed by atoms with Gasteiger partial charge in [0.25, 0.3) is 0 Å². The van der Waals surface area contributed by atoms with Gasteiger partial charge in [-0.1, -0.05) is 118 Å². The minimum atomic E-state index is 0.472. The van der Waals surface area contributed by atoms with Crippen molar-refractivity contribution in [1.82, 2.24) is 4.57 Å². The molecule has 9 aromatic rings. The Morgan fingerprint density at radius 1 is 0.375 bits per heavy atom. The van der Waals surface area contributed by atoms with Gasteiger partial charge in [0.1, 0.15) is 0 Å². The van der Waals surface area contributed by atoms with Gasteiger partial charge < -0.3 is 14.4 Å². The minimum absolute atomic E-state index is 0.472. The maximum Gasteiger partial charge on any atom is 0.0561 e. The summed E-state index contributed by atoms with van der Waals surface area (Å²) in [4.78, 5) is 4.73. The Kier molecular flexibility index (Phi) is 9.15. The highest BCUT2D eigenvalue weighted by molar-refractivity contribution is 6.14. The largest absolute Gasteiger partial charge is 0.310 e. The van der Waals surface area contributed by atoms with Crippen LogP contribution in [0.4, 0.5) is 34.1 Å². The van der Waals surface area contributed by atoms with Gasteiger partial charge in [0.2, 0.25) is 0 Å². The summed E-state index contributed by atoms with van der Waals surface area (Å²) in [6, 6.07) is 67.0. The molecule has 8 aromatic carbocycles. The zero-order chi connectivity index (χ0) is 38.3. The molecule has 9 rings (SSSR count). The summed E-state index contributed by atoms with van der Waals surface area (Å²) in [5, 5.41) is 4.88. The molecule has 0 bridgehead atoms. The monoisotopic (exact) mass is 725 g/mol. The number of benzene rings is 8. The average molecular weight is 726 g/mol. The van der Waals surface area contributed by atoms with Crippen molar-refractivity contribution in [2.45, 2.75) is 46.5 Å². The SMILES string of the molecule is Cc1ccc(-n2c3cc(N(c4ccccc4)c4ccc(C(C)C)cc4)ccc3c3cc4ccc(N(c5ccccc5)c5ccc(C(C)C)cc5)cc4cc32)cc1. The summed E-state index contributed by atoms with van der Waals surface area (Å²) in [5.74, 6) is 0.950. The summed E-state index contributed by atoms with van der Waals surface area (Å²) >= 11 is 0. The highest BCUT2D eigenvalue weighted by Crippen LogP contribution is 2.42. The molecule has 0 saturated carbocycles. The van der Waals surface area contributed by atoms with E-state index in [1.807, 2.05) is 0 Å². The van der Waals surface area contributed by atoms with Crippen molar-refractivity contribution in [1.29, 1.82) is 0 Å². The molecule has 0 spiro atoms. The Morgan fingerprint density at radius 3 is 1.38 bits per heavy atom. The molecule has 0 saturated heterocycles. The highest BCUT2D eigenvalue weighted by Gasteiger charge is 2.20. The van der Waals surface area contributed by atoms with E-state index < -0.39 is 0 Å². The second-order valence-electron chi connectivity index (χ2n) is 15.6. The fraction of sp³-hybridized carbons (Fsp3) is 0.132. The molecule has 0 fully saturated rings. The summed E-state index contributed by atoms with van der Waals surface area (Å²) in [6.07, 6.45) is 0. The lowest BCUT2D eigenvalue weighted by atomic mass is 10.0. The molecule has 0 radical (unpaired) electrons. The van der Waals surface area contributed by atoms with Crippen molar-refractivity contribution in [3.05, 3.63) is 199 Å². The van der Waals surface area contributed by atoms with Gasteiger partial charge in [0, 0.05) is 50.6 Å². The van der Waals surface area contributed by atoms with Gasteiger partial charge in [0.15, 0.2) is 0 Å². The number of hydrogen-bond donors (Lipinski definition) is 0. The van der Waals surface area contributed by atoms with Gasteiger partial charge in [-0.15, -0.1) is 0 Å². The topological polar surface area (TPSA) is 11.4 Å². The molecule has 0 atom stereocenters. The average Bonchev–Trinajstić information content (AvgIpc) is 3.54. The van der Waals surface area contributed by atoms with Crippen LogP contribution in [0.1, 0.15) is 56.2 Å². The molecular formula is C53H47N3. The first kappa shape index (κ1) is 35.1. The molecule has 56 heavy (non-hydrogen) atoms. The van der Waals surface area contributed by atoms with Crippen LogP contribution in [-0.2, 0) is 0 Å². The van der Waals surface area contributed by atoms with E-state index in [1.54, 1.807) is 0 Å². The van der Waals surface area contributed by atoms with E-state index in [-0.39, 0.29) is 0 Å². The van der Waals surface area contributed by atoms with Gasteiger partial charge in [-0.25, -0.2) is 0 Å². The zero-order valence-corrected chi connectivity index (χ0v) is 32.8. The van der Waals surface area contributed by atoms with Gasteiger partial charge >= 0.3 is 0 Å². The van der Waals surface area contributed by atoms with Crippen molar-refractivity contribution in [3.63, 3.8) is 0 Å². The van der Waals surface area contributed by atoms with Gasteiger partial charge in [-0.2, -0.15) is 0 Å². The Hall–Kier alpha value is -6.58. The standard InChI is InChI=1S/C53H47N3/c1-36(2)39-18-25-45(26-19-39)54(43-12-8-6-9-13-43)48-29-22-41-33-51-50-31-30-49(55(44-14-10-7-11-15-44)46-27-20-40(21-28-46)37(3)4)35-53(50)56(52(51)34-42(41)32-48)47-23-16-38(5)17-24-47/h6-37H,1-5H3. The van der Waals surface area contributed by atoms with Crippen molar-refractivity contribution in [2.75, 3.05) is 9.80 Å². The second-order valence-corrected chi connectivity index (χ2v) is 15.6. The van der Waals surface area contributed by atoms with Gasteiger partial charge in [0.05, 0.1) is 11.0 Å². The molecular weight excluding hydrogens is 679 g/mol. The summed E-state index contributed by atoms with van der Waals surface area (Å²) in [5.41, 5.74) is 14.2. The Morgan fingerprint density at radius 2 is 0.839 bits per heavy atom. The van der Waals surface area contributed by atoms with Crippen LogP contribution >= 0.6 is 0 Å². The summed E-state index contributed by atoms with van der Waals surface area (Å²) in [6.45, 7) is 11.1. The van der Waals surface area contributed by atoms with E-state index in [4.69, 9.17) is 0 Å². The zero-order valence-electron chi connectivity index (χ0n) is 32.8. The maximum absolute atomic E-state index is 2.45. The predicted octanol–water partition coefficient (Wildman–Crippen LogP) is 15.4. The van der Waals surface area contributed by atoms with E-state index in [9.17, 15) is 0 Å². The number of aryl methyl sites for hydroxylation is 1. The van der Waals surface area contributed by atoms with E-state index in [0.717, 1.165) is 39.8 Å². The molecule has 0 aliphatic rings. The molecule has 0 amide bonds. The van der Waals surface area contributed by atoms with Crippen LogP contribution in [0.5, 0.6) is 0 Å². The fourth-order valence-electron chi connectivity index (χ4n) is 8.05. The number of anilines is 6. The van der Waals surface area contributed by atoms with Crippen LogP contribution in [0.15, 0.2) is 182 Å². The van der Waals surface area contributed by atoms with Crippen molar-refractivity contribution < 1.29 is 0 Å². The molecule has 274 valence electrons. The molecule has 0 N–H and O–H groups in total. The van der Waals surface area contributed by atoms with Gasteiger partial charge in [-0.05, 0) is 138 Å². The Bertz CT molecular complexity index is 2780. The lowest BCUT2D eigenvalue weighted by Crippen LogP contribution is -2.10. The number of nitrogens with zero attached hydrogens (tertiary/aromatic N) is 3. The number of para-hydroxylation sites is 2. The number of aromatic nitrogens is 1. The lowest BCUT2D eigenvalue weighted by Gasteiger charge is -2.26. The summed E-state index contributed by atoms with van der Waals surface area (Å²) in [7, 11) is 0. The first-order valence-electron chi connectivity index (χ1n) is 19.8. The molecule has 1 aromatic heterocycles. The first-order chi connectivity index (χ1) is 27.3. The quantitative estimate of drug-likeness (QED) is 0.147. The van der Waals surface area contributed by atoms with E-state index in [2.05, 4.69) is 231 Å². The van der Waals surface area contributed by atoms with E-state index >= 15 is 0 Å². The van der Waals surface area contributed by atoms with Crippen molar-refractivity contribution in [2.24, 2.45) is 0 Å². The highest BCUT2D eigenvalue weighted by atomic mass is 15.1. The van der Waals surface area contributed by atoms with Crippen LogP contribution < -0.4 is 9.80 Å². The fourth-order valence-corrected chi connectivity index (χ4v) is 8.05. The number of rotatable bonds is 9. The van der Waals surface area contributed by atoms with Crippen molar-refractivity contribution >= 4 is 66.7 Å². The van der Waals surface area contributed by atoms with Crippen LogP contribution in [0, 0.1) is 6.92 Å². The second kappa shape index (κ2) is 14.6. The first-order valence-corrected chi connectivity index (χ1v) is 19.8.